The first kappa shape index (κ1) is 17.2. The van der Waals surface area contributed by atoms with Crippen LogP contribution in [0.3, 0.4) is 0 Å². The zero-order valence-corrected chi connectivity index (χ0v) is 13.6. The van der Waals surface area contributed by atoms with Gasteiger partial charge in [-0.1, -0.05) is 17.7 Å². The molecule has 0 radical (unpaired) electrons. The summed E-state index contributed by atoms with van der Waals surface area (Å²) in [5.74, 6) is -0.715. The number of nitrogens with one attached hydrogen (secondary N) is 2. The lowest BCUT2D eigenvalue weighted by molar-refractivity contribution is -0.132. The molecule has 8 heteroatoms. The van der Waals surface area contributed by atoms with E-state index in [1.165, 1.54) is 7.11 Å². The minimum absolute atomic E-state index is 0.00360. The number of hydrogen-bond donors (Lipinski definition) is 2. The van der Waals surface area contributed by atoms with Crippen LogP contribution in [-0.4, -0.2) is 48.5 Å². The Labute approximate surface area is 138 Å². The van der Waals surface area contributed by atoms with Crippen molar-refractivity contribution in [1.82, 2.24) is 10.2 Å². The molecule has 1 fully saturated rings. The quantitative estimate of drug-likeness (QED) is 0.771. The second-order valence-electron chi connectivity index (χ2n) is 5.46. The van der Waals surface area contributed by atoms with E-state index in [0.29, 0.717) is 10.7 Å². The van der Waals surface area contributed by atoms with Crippen molar-refractivity contribution < 1.29 is 19.1 Å². The molecule has 1 aromatic rings. The van der Waals surface area contributed by atoms with Crippen LogP contribution >= 0.6 is 11.6 Å². The smallest absolute Gasteiger partial charge is 0.325 e. The number of carbonyl (C=O) groups is 3. The second-order valence-corrected chi connectivity index (χ2v) is 5.90. The van der Waals surface area contributed by atoms with Gasteiger partial charge in [0.1, 0.15) is 5.54 Å². The van der Waals surface area contributed by atoms with Gasteiger partial charge in [-0.25, -0.2) is 4.79 Å². The number of urea groups is 1. The minimum Gasteiger partial charge on any atom is -0.382 e. The number of carbonyl (C=O) groups excluding carboxylic acids is 3. The Hall–Kier alpha value is -2.12. The third-order valence-corrected chi connectivity index (χ3v) is 3.68. The van der Waals surface area contributed by atoms with Crippen LogP contribution in [0.2, 0.25) is 5.02 Å². The van der Waals surface area contributed by atoms with Crippen LogP contribution in [-0.2, 0) is 14.3 Å². The van der Waals surface area contributed by atoms with Crippen LogP contribution < -0.4 is 10.6 Å². The molecular weight excluding hydrogens is 322 g/mol. The molecule has 1 aromatic carbocycles. The molecule has 0 aromatic heterocycles. The predicted molar refractivity (Wildman–Crippen MR) is 85.2 cm³/mol. The summed E-state index contributed by atoms with van der Waals surface area (Å²) in [6, 6.07) is 6.20. The number of benzene rings is 1. The number of halogens is 1. The fourth-order valence-electron chi connectivity index (χ4n) is 2.34. The standard InChI is InChI=1S/C15H18ClN3O4/c1-15(9-23-2)13(21)19(14(22)18-15)7-6-12(20)17-11-5-3-4-10(16)8-11/h3-5,8H,6-7,9H2,1-2H3,(H,17,20)(H,18,22)/t15-/m1/s1. The molecule has 2 N–H and O–H groups in total. The average Bonchev–Trinajstić information content (AvgIpc) is 2.67. The van der Waals surface area contributed by atoms with Crippen LogP contribution in [0.15, 0.2) is 24.3 Å². The Balaban J connectivity index is 1.91. The van der Waals surface area contributed by atoms with Gasteiger partial charge in [0, 0.05) is 30.8 Å². The van der Waals surface area contributed by atoms with Gasteiger partial charge in [0.05, 0.1) is 6.61 Å². The maximum atomic E-state index is 12.3. The zero-order chi connectivity index (χ0) is 17.0. The van der Waals surface area contributed by atoms with Crippen LogP contribution in [0.5, 0.6) is 0 Å². The predicted octanol–water partition coefficient (Wildman–Crippen LogP) is 1.63. The maximum Gasteiger partial charge on any atom is 0.325 e. The molecule has 1 aliphatic rings. The third kappa shape index (κ3) is 4.00. The Morgan fingerprint density at radius 2 is 2.17 bits per heavy atom. The molecule has 23 heavy (non-hydrogen) atoms. The van der Waals surface area contributed by atoms with Gasteiger partial charge in [0.25, 0.3) is 5.91 Å². The van der Waals surface area contributed by atoms with Crippen LogP contribution in [0.4, 0.5) is 10.5 Å². The topological polar surface area (TPSA) is 87.7 Å². The van der Waals surface area contributed by atoms with Gasteiger partial charge in [-0.05, 0) is 25.1 Å². The average molecular weight is 340 g/mol. The molecule has 0 aliphatic carbocycles. The lowest BCUT2D eigenvalue weighted by Crippen LogP contribution is -2.48. The molecule has 1 atom stereocenters. The number of ether oxygens (including phenoxy) is 1. The molecule has 0 saturated carbocycles. The van der Waals surface area contributed by atoms with E-state index < -0.39 is 17.5 Å². The lowest BCUT2D eigenvalue weighted by atomic mass is 10.0. The van der Waals surface area contributed by atoms with E-state index >= 15 is 0 Å². The third-order valence-electron chi connectivity index (χ3n) is 3.45. The van der Waals surface area contributed by atoms with Crippen molar-refractivity contribution in [1.29, 1.82) is 0 Å². The molecule has 0 unspecified atom stereocenters. The monoisotopic (exact) mass is 339 g/mol. The van der Waals surface area contributed by atoms with Crippen molar-refractivity contribution >= 4 is 35.1 Å². The van der Waals surface area contributed by atoms with E-state index in [0.717, 1.165) is 4.90 Å². The second kappa shape index (κ2) is 6.97. The van der Waals surface area contributed by atoms with Crippen molar-refractivity contribution in [3.63, 3.8) is 0 Å². The maximum absolute atomic E-state index is 12.3. The van der Waals surface area contributed by atoms with E-state index in [2.05, 4.69) is 10.6 Å². The van der Waals surface area contributed by atoms with E-state index in [9.17, 15) is 14.4 Å². The first-order valence-electron chi connectivity index (χ1n) is 7.04. The van der Waals surface area contributed by atoms with Crippen LogP contribution in [0, 0.1) is 0 Å². The van der Waals surface area contributed by atoms with Gasteiger partial charge >= 0.3 is 6.03 Å². The first-order valence-corrected chi connectivity index (χ1v) is 7.42. The molecule has 7 nitrogen and oxygen atoms in total. The summed E-state index contributed by atoms with van der Waals surface area (Å²) in [6.45, 7) is 1.65. The molecule has 1 aliphatic heterocycles. The molecule has 1 heterocycles. The molecule has 1 saturated heterocycles. The summed E-state index contributed by atoms with van der Waals surface area (Å²) >= 11 is 5.84. The minimum atomic E-state index is -1.09. The van der Waals surface area contributed by atoms with E-state index in [1.54, 1.807) is 31.2 Å². The van der Waals surface area contributed by atoms with Crippen molar-refractivity contribution in [2.75, 3.05) is 25.6 Å². The molecular formula is C15H18ClN3O4. The number of hydrogen-bond acceptors (Lipinski definition) is 4. The van der Waals surface area contributed by atoms with Crippen LogP contribution in [0.25, 0.3) is 0 Å². The first-order chi connectivity index (χ1) is 10.9. The van der Waals surface area contributed by atoms with E-state index in [4.69, 9.17) is 16.3 Å². The summed E-state index contributed by atoms with van der Waals surface area (Å²) < 4.78 is 4.96. The zero-order valence-electron chi connectivity index (χ0n) is 12.9. The lowest BCUT2D eigenvalue weighted by Gasteiger charge is -2.20. The summed E-state index contributed by atoms with van der Waals surface area (Å²) in [7, 11) is 1.45. The number of rotatable bonds is 6. The van der Waals surface area contributed by atoms with Crippen LogP contribution in [0.1, 0.15) is 13.3 Å². The van der Waals surface area contributed by atoms with Crippen molar-refractivity contribution in [3.05, 3.63) is 29.3 Å². The van der Waals surface area contributed by atoms with E-state index in [1.807, 2.05) is 0 Å². The van der Waals surface area contributed by atoms with Gasteiger partial charge in [0.2, 0.25) is 5.91 Å². The molecule has 0 spiro atoms. The van der Waals surface area contributed by atoms with Gasteiger partial charge in [-0.15, -0.1) is 0 Å². The van der Waals surface area contributed by atoms with Gasteiger partial charge in [-0.2, -0.15) is 0 Å². The number of amides is 4. The number of imide groups is 1. The molecule has 124 valence electrons. The van der Waals surface area contributed by atoms with Gasteiger partial charge < -0.3 is 15.4 Å². The highest BCUT2D eigenvalue weighted by Crippen LogP contribution is 2.19. The van der Waals surface area contributed by atoms with Gasteiger partial charge in [-0.3, -0.25) is 14.5 Å². The van der Waals surface area contributed by atoms with E-state index in [-0.39, 0.29) is 25.5 Å². The summed E-state index contributed by atoms with van der Waals surface area (Å²) in [5.41, 5.74) is -0.529. The Kier molecular flexibility index (Phi) is 5.23. The summed E-state index contributed by atoms with van der Waals surface area (Å²) in [6.07, 6.45) is -0.00522. The SMILES string of the molecule is COC[C@@]1(C)NC(=O)N(CCC(=O)Nc2cccc(Cl)c2)C1=O. The van der Waals surface area contributed by atoms with Crippen molar-refractivity contribution in [3.8, 4) is 0 Å². The Morgan fingerprint density at radius 1 is 1.43 bits per heavy atom. The molecule has 0 bridgehead atoms. The fraction of sp³-hybridized carbons (Fsp3) is 0.400. The number of anilines is 1. The van der Waals surface area contributed by atoms with Gasteiger partial charge in [0.15, 0.2) is 0 Å². The highest BCUT2D eigenvalue weighted by atomic mass is 35.5. The Bertz CT molecular complexity index is 637. The summed E-state index contributed by atoms with van der Waals surface area (Å²) in [4.78, 5) is 37.1. The molecule has 2 rings (SSSR count). The fourth-order valence-corrected chi connectivity index (χ4v) is 2.53. The molecule has 4 amide bonds. The normalized spacial score (nSPS) is 20.6. The number of methoxy groups -OCH3 is 1. The Morgan fingerprint density at radius 3 is 2.83 bits per heavy atom. The number of nitrogens with zero attached hydrogens (tertiary/aromatic N) is 1. The largest absolute Gasteiger partial charge is 0.382 e. The van der Waals surface area contributed by atoms with Crippen molar-refractivity contribution in [2.45, 2.75) is 18.9 Å². The highest BCUT2D eigenvalue weighted by molar-refractivity contribution is 6.30. The highest BCUT2D eigenvalue weighted by Gasteiger charge is 2.47. The summed E-state index contributed by atoms with van der Waals surface area (Å²) in [5, 5.41) is 5.75. The van der Waals surface area contributed by atoms with Crippen molar-refractivity contribution in [2.24, 2.45) is 0 Å².